The number of rotatable bonds is 4. The van der Waals surface area contributed by atoms with E-state index in [0.29, 0.717) is 12.6 Å². The van der Waals surface area contributed by atoms with Crippen molar-refractivity contribution >= 4 is 5.91 Å². The summed E-state index contributed by atoms with van der Waals surface area (Å²) >= 11 is 0. The summed E-state index contributed by atoms with van der Waals surface area (Å²) in [5, 5.41) is 3.30. The van der Waals surface area contributed by atoms with Crippen molar-refractivity contribution in [3.05, 3.63) is 0 Å². The SMILES string of the molecule is COCCCN1CC(C)NC(C)(C)C1=O. The number of carbonyl (C=O) groups is 1. The molecule has 88 valence electrons. The summed E-state index contributed by atoms with van der Waals surface area (Å²) in [5.74, 6) is 0.191. The number of nitrogens with one attached hydrogen (secondary N) is 1. The van der Waals surface area contributed by atoms with Crippen LogP contribution in [0.5, 0.6) is 0 Å². The van der Waals surface area contributed by atoms with Crippen molar-refractivity contribution in [2.75, 3.05) is 26.8 Å². The van der Waals surface area contributed by atoms with E-state index in [1.54, 1.807) is 7.11 Å². The second-order valence-electron chi connectivity index (χ2n) is 4.77. The highest BCUT2D eigenvalue weighted by Crippen LogP contribution is 2.15. The van der Waals surface area contributed by atoms with Crippen molar-refractivity contribution in [3.8, 4) is 0 Å². The molecule has 1 aliphatic rings. The van der Waals surface area contributed by atoms with Gasteiger partial charge in [0.25, 0.3) is 0 Å². The number of ether oxygens (including phenoxy) is 1. The number of methoxy groups -OCH3 is 1. The van der Waals surface area contributed by atoms with Gasteiger partial charge in [0.2, 0.25) is 5.91 Å². The largest absolute Gasteiger partial charge is 0.385 e. The van der Waals surface area contributed by atoms with E-state index >= 15 is 0 Å². The molecule has 4 heteroatoms. The van der Waals surface area contributed by atoms with Gasteiger partial charge in [-0.05, 0) is 27.2 Å². The highest BCUT2D eigenvalue weighted by Gasteiger charge is 2.37. The highest BCUT2D eigenvalue weighted by molar-refractivity contribution is 5.86. The molecule has 1 saturated heterocycles. The van der Waals surface area contributed by atoms with Gasteiger partial charge in [0.05, 0.1) is 5.54 Å². The maximum absolute atomic E-state index is 12.0. The first kappa shape index (κ1) is 12.5. The van der Waals surface area contributed by atoms with E-state index in [1.165, 1.54) is 0 Å². The zero-order chi connectivity index (χ0) is 11.5. The van der Waals surface area contributed by atoms with Gasteiger partial charge in [-0.15, -0.1) is 0 Å². The summed E-state index contributed by atoms with van der Waals surface area (Å²) in [7, 11) is 1.69. The van der Waals surface area contributed by atoms with Crippen LogP contribution in [0.25, 0.3) is 0 Å². The topological polar surface area (TPSA) is 41.6 Å². The van der Waals surface area contributed by atoms with Crippen LogP contribution < -0.4 is 5.32 Å². The Hall–Kier alpha value is -0.610. The Morgan fingerprint density at radius 1 is 1.60 bits per heavy atom. The van der Waals surface area contributed by atoms with E-state index in [0.717, 1.165) is 19.5 Å². The number of hydrogen-bond donors (Lipinski definition) is 1. The standard InChI is InChI=1S/C11H22N2O2/c1-9-8-13(6-5-7-15-4)10(14)11(2,3)12-9/h9,12H,5-8H2,1-4H3. The van der Waals surface area contributed by atoms with Crippen LogP contribution >= 0.6 is 0 Å². The van der Waals surface area contributed by atoms with Crippen LogP contribution in [-0.2, 0) is 9.53 Å². The molecule has 1 N–H and O–H groups in total. The van der Waals surface area contributed by atoms with Crippen LogP contribution in [0.2, 0.25) is 0 Å². The van der Waals surface area contributed by atoms with Crippen molar-refractivity contribution in [2.24, 2.45) is 0 Å². The van der Waals surface area contributed by atoms with E-state index in [-0.39, 0.29) is 5.91 Å². The van der Waals surface area contributed by atoms with Crippen molar-refractivity contribution in [1.82, 2.24) is 10.2 Å². The third-order valence-electron chi connectivity index (χ3n) is 2.70. The fourth-order valence-corrected chi connectivity index (χ4v) is 2.12. The van der Waals surface area contributed by atoms with Gasteiger partial charge >= 0.3 is 0 Å². The summed E-state index contributed by atoms with van der Waals surface area (Å²) in [5.41, 5.74) is -0.426. The lowest BCUT2D eigenvalue weighted by Gasteiger charge is -2.41. The molecular formula is C11H22N2O2. The Kier molecular flexibility index (Phi) is 4.11. The predicted octanol–water partition coefficient (Wildman–Crippen LogP) is 0.622. The van der Waals surface area contributed by atoms with Gasteiger partial charge in [0, 0.05) is 32.8 Å². The Morgan fingerprint density at radius 2 is 2.27 bits per heavy atom. The normalized spacial score (nSPS) is 25.7. The lowest BCUT2D eigenvalue weighted by Crippen LogP contribution is -2.64. The zero-order valence-corrected chi connectivity index (χ0v) is 10.2. The smallest absolute Gasteiger partial charge is 0.242 e. The summed E-state index contributed by atoms with van der Waals surface area (Å²) in [6.07, 6.45) is 0.908. The minimum Gasteiger partial charge on any atom is -0.385 e. The predicted molar refractivity (Wildman–Crippen MR) is 59.7 cm³/mol. The van der Waals surface area contributed by atoms with E-state index in [9.17, 15) is 4.79 Å². The van der Waals surface area contributed by atoms with Crippen molar-refractivity contribution in [1.29, 1.82) is 0 Å². The average Bonchev–Trinajstić information content (AvgIpc) is 2.13. The fourth-order valence-electron chi connectivity index (χ4n) is 2.12. The number of carbonyl (C=O) groups excluding carboxylic acids is 1. The third kappa shape index (κ3) is 3.18. The first-order chi connectivity index (χ1) is 6.97. The minimum absolute atomic E-state index is 0.191. The lowest BCUT2D eigenvalue weighted by molar-refractivity contribution is -0.141. The van der Waals surface area contributed by atoms with Crippen LogP contribution in [-0.4, -0.2) is 49.2 Å². The van der Waals surface area contributed by atoms with Gasteiger partial charge in [0.1, 0.15) is 0 Å². The average molecular weight is 214 g/mol. The zero-order valence-electron chi connectivity index (χ0n) is 10.2. The quantitative estimate of drug-likeness (QED) is 0.698. The van der Waals surface area contributed by atoms with Gasteiger partial charge < -0.3 is 9.64 Å². The molecule has 0 spiro atoms. The van der Waals surface area contributed by atoms with E-state index < -0.39 is 5.54 Å². The first-order valence-corrected chi connectivity index (χ1v) is 5.53. The molecule has 0 saturated carbocycles. The highest BCUT2D eigenvalue weighted by atomic mass is 16.5. The first-order valence-electron chi connectivity index (χ1n) is 5.53. The molecule has 0 aromatic carbocycles. The molecule has 1 fully saturated rings. The molecular weight excluding hydrogens is 192 g/mol. The lowest BCUT2D eigenvalue weighted by atomic mass is 9.98. The van der Waals surface area contributed by atoms with Crippen LogP contribution in [0, 0.1) is 0 Å². The third-order valence-corrected chi connectivity index (χ3v) is 2.70. The second kappa shape index (κ2) is 4.94. The van der Waals surface area contributed by atoms with E-state index in [1.807, 2.05) is 18.7 Å². The van der Waals surface area contributed by atoms with Crippen LogP contribution in [0.3, 0.4) is 0 Å². The number of nitrogens with zero attached hydrogens (tertiary/aromatic N) is 1. The van der Waals surface area contributed by atoms with Crippen LogP contribution in [0.4, 0.5) is 0 Å². The van der Waals surface area contributed by atoms with Crippen LogP contribution in [0.15, 0.2) is 0 Å². The molecule has 1 heterocycles. The fraction of sp³-hybridized carbons (Fsp3) is 0.909. The van der Waals surface area contributed by atoms with Gasteiger partial charge in [0.15, 0.2) is 0 Å². The van der Waals surface area contributed by atoms with Gasteiger partial charge in [-0.25, -0.2) is 0 Å². The molecule has 0 bridgehead atoms. The Bertz CT molecular complexity index is 229. The summed E-state index contributed by atoms with van der Waals surface area (Å²) in [4.78, 5) is 13.9. The molecule has 0 radical (unpaired) electrons. The monoisotopic (exact) mass is 214 g/mol. The maximum Gasteiger partial charge on any atom is 0.242 e. The van der Waals surface area contributed by atoms with Gasteiger partial charge in [-0.3, -0.25) is 10.1 Å². The van der Waals surface area contributed by atoms with Crippen LogP contribution in [0.1, 0.15) is 27.2 Å². The Balaban J connectivity index is 2.52. The van der Waals surface area contributed by atoms with Gasteiger partial charge in [-0.2, -0.15) is 0 Å². The van der Waals surface area contributed by atoms with E-state index in [2.05, 4.69) is 12.2 Å². The van der Waals surface area contributed by atoms with E-state index in [4.69, 9.17) is 4.74 Å². The molecule has 1 rings (SSSR count). The molecule has 0 aliphatic carbocycles. The Labute approximate surface area is 92.0 Å². The minimum atomic E-state index is -0.426. The molecule has 15 heavy (non-hydrogen) atoms. The summed E-state index contributed by atoms with van der Waals surface area (Å²) in [6, 6.07) is 0.361. The number of hydrogen-bond acceptors (Lipinski definition) is 3. The van der Waals surface area contributed by atoms with Crippen molar-refractivity contribution < 1.29 is 9.53 Å². The molecule has 1 amide bonds. The molecule has 4 nitrogen and oxygen atoms in total. The van der Waals surface area contributed by atoms with Crippen molar-refractivity contribution in [2.45, 2.75) is 38.8 Å². The molecule has 0 aromatic heterocycles. The molecule has 1 atom stereocenters. The number of amides is 1. The molecule has 1 unspecified atom stereocenters. The molecule has 1 aliphatic heterocycles. The summed E-state index contributed by atoms with van der Waals surface area (Å²) in [6.45, 7) is 8.29. The molecule has 0 aromatic rings. The summed E-state index contributed by atoms with van der Waals surface area (Å²) < 4.78 is 4.99. The second-order valence-corrected chi connectivity index (χ2v) is 4.77. The number of piperazine rings is 1. The Morgan fingerprint density at radius 3 is 2.87 bits per heavy atom. The van der Waals surface area contributed by atoms with Crippen molar-refractivity contribution in [3.63, 3.8) is 0 Å². The van der Waals surface area contributed by atoms with Gasteiger partial charge in [-0.1, -0.05) is 0 Å². The maximum atomic E-state index is 12.0.